The van der Waals surface area contributed by atoms with Crippen molar-refractivity contribution in [2.24, 2.45) is 0 Å². The molecule has 2 aromatic rings. The fourth-order valence-electron chi connectivity index (χ4n) is 1.89. The van der Waals surface area contributed by atoms with Crippen LogP contribution < -0.4 is 5.32 Å². The first kappa shape index (κ1) is 15.4. The Morgan fingerprint density at radius 2 is 2.15 bits per heavy atom. The molecule has 1 N–H and O–H groups in total. The predicted molar refractivity (Wildman–Crippen MR) is 84.3 cm³/mol. The van der Waals surface area contributed by atoms with Gasteiger partial charge in [-0.1, -0.05) is 24.6 Å². The van der Waals surface area contributed by atoms with E-state index in [1.165, 1.54) is 0 Å². The first-order valence-electron chi connectivity index (χ1n) is 6.42. The van der Waals surface area contributed by atoms with Gasteiger partial charge in [-0.2, -0.15) is 0 Å². The molecule has 0 saturated heterocycles. The molecule has 1 aromatic heterocycles. The summed E-state index contributed by atoms with van der Waals surface area (Å²) in [5, 5.41) is 3.39. The summed E-state index contributed by atoms with van der Waals surface area (Å²) in [6.07, 6.45) is 4.50. The Kier molecular flexibility index (Phi) is 5.52. The molecule has 1 heterocycles. The van der Waals surface area contributed by atoms with Crippen LogP contribution in [0.2, 0.25) is 5.02 Å². The monoisotopic (exact) mass is 356 g/mol. The second kappa shape index (κ2) is 7.16. The van der Waals surface area contributed by atoms with Crippen molar-refractivity contribution >= 4 is 27.5 Å². The summed E-state index contributed by atoms with van der Waals surface area (Å²) in [6, 6.07) is 5.37. The van der Waals surface area contributed by atoms with Crippen molar-refractivity contribution in [3.8, 4) is 11.1 Å². The van der Waals surface area contributed by atoms with Gasteiger partial charge in [0.1, 0.15) is 0 Å². The number of nitrogens with one attached hydrogen (secondary N) is 1. The molecule has 106 valence electrons. The van der Waals surface area contributed by atoms with Gasteiger partial charge in [0.25, 0.3) is 0 Å². The highest BCUT2D eigenvalue weighted by atomic mass is 79.9. The highest BCUT2D eigenvalue weighted by molar-refractivity contribution is 9.10. The van der Waals surface area contributed by atoms with Crippen LogP contribution in [-0.2, 0) is 6.54 Å². The van der Waals surface area contributed by atoms with E-state index in [0.717, 1.165) is 30.6 Å². The van der Waals surface area contributed by atoms with E-state index >= 15 is 0 Å². The van der Waals surface area contributed by atoms with Gasteiger partial charge in [-0.25, -0.2) is 4.39 Å². The van der Waals surface area contributed by atoms with Crippen molar-refractivity contribution < 1.29 is 4.39 Å². The van der Waals surface area contributed by atoms with Gasteiger partial charge < -0.3 is 5.32 Å². The van der Waals surface area contributed by atoms with E-state index in [1.54, 1.807) is 24.5 Å². The van der Waals surface area contributed by atoms with Crippen molar-refractivity contribution in [1.82, 2.24) is 10.3 Å². The van der Waals surface area contributed by atoms with Gasteiger partial charge >= 0.3 is 0 Å². The maximum Gasteiger partial charge on any atom is 0.150 e. The Bertz CT molecular complexity index is 604. The van der Waals surface area contributed by atoms with Crippen LogP contribution in [0.25, 0.3) is 11.1 Å². The summed E-state index contributed by atoms with van der Waals surface area (Å²) in [4.78, 5) is 4.17. The van der Waals surface area contributed by atoms with Gasteiger partial charge in [0, 0.05) is 34.5 Å². The van der Waals surface area contributed by atoms with E-state index in [2.05, 4.69) is 33.2 Å². The summed E-state index contributed by atoms with van der Waals surface area (Å²) in [7, 11) is 0. The SMILES string of the molecule is CCCNCc1cncc(-c2ccc(Br)c(Cl)c2F)c1. The summed E-state index contributed by atoms with van der Waals surface area (Å²) in [5.74, 6) is -0.429. The molecule has 0 saturated carbocycles. The average Bonchev–Trinajstić information content (AvgIpc) is 2.46. The number of rotatable bonds is 5. The molecular weight excluding hydrogens is 343 g/mol. The lowest BCUT2D eigenvalue weighted by Gasteiger charge is -2.08. The topological polar surface area (TPSA) is 24.9 Å². The van der Waals surface area contributed by atoms with Crippen LogP contribution in [0, 0.1) is 5.82 Å². The molecule has 0 aliphatic rings. The van der Waals surface area contributed by atoms with Gasteiger partial charge in [-0.3, -0.25) is 4.98 Å². The number of nitrogens with zero attached hydrogens (tertiary/aromatic N) is 1. The fraction of sp³-hybridized carbons (Fsp3) is 0.267. The highest BCUT2D eigenvalue weighted by Gasteiger charge is 2.12. The molecule has 0 atom stereocenters. The predicted octanol–water partition coefficient (Wildman–Crippen LogP) is 4.80. The van der Waals surface area contributed by atoms with E-state index in [-0.39, 0.29) is 5.02 Å². The summed E-state index contributed by atoms with van der Waals surface area (Å²) in [6.45, 7) is 3.78. The maximum absolute atomic E-state index is 14.2. The Morgan fingerprint density at radius 3 is 2.90 bits per heavy atom. The first-order valence-corrected chi connectivity index (χ1v) is 7.59. The molecule has 20 heavy (non-hydrogen) atoms. The zero-order valence-electron chi connectivity index (χ0n) is 11.1. The third kappa shape index (κ3) is 3.57. The lowest BCUT2D eigenvalue weighted by Crippen LogP contribution is -2.13. The van der Waals surface area contributed by atoms with Crippen LogP contribution in [-0.4, -0.2) is 11.5 Å². The molecule has 1 aromatic carbocycles. The first-order chi connectivity index (χ1) is 9.63. The van der Waals surface area contributed by atoms with E-state index in [9.17, 15) is 4.39 Å². The van der Waals surface area contributed by atoms with Crippen LogP contribution in [0.3, 0.4) is 0 Å². The summed E-state index contributed by atoms with van der Waals surface area (Å²) in [5.41, 5.74) is 2.21. The molecule has 0 radical (unpaired) electrons. The minimum absolute atomic E-state index is 0.0945. The van der Waals surface area contributed by atoms with Gasteiger partial charge in [-0.05, 0) is 46.6 Å². The minimum atomic E-state index is -0.429. The molecular formula is C15H15BrClFN2. The largest absolute Gasteiger partial charge is 0.313 e. The minimum Gasteiger partial charge on any atom is -0.313 e. The fourth-order valence-corrected chi connectivity index (χ4v) is 2.36. The normalized spacial score (nSPS) is 10.8. The molecule has 2 rings (SSSR count). The van der Waals surface area contributed by atoms with E-state index in [0.29, 0.717) is 10.0 Å². The smallest absolute Gasteiger partial charge is 0.150 e. The second-order valence-corrected chi connectivity index (χ2v) is 5.71. The molecule has 5 heteroatoms. The summed E-state index contributed by atoms with van der Waals surface area (Å²) >= 11 is 9.13. The van der Waals surface area contributed by atoms with Crippen LogP contribution in [0.15, 0.2) is 35.1 Å². The number of halogens is 3. The van der Waals surface area contributed by atoms with Crippen molar-refractivity contribution in [3.63, 3.8) is 0 Å². The Labute approximate surface area is 131 Å². The van der Waals surface area contributed by atoms with Crippen LogP contribution in [0.5, 0.6) is 0 Å². The lowest BCUT2D eigenvalue weighted by atomic mass is 10.1. The van der Waals surface area contributed by atoms with Gasteiger partial charge in [0.05, 0.1) is 5.02 Å². The number of benzene rings is 1. The molecule has 0 bridgehead atoms. The maximum atomic E-state index is 14.2. The molecule has 0 aliphatic carbocycles. The standard InChI is InChI=1S/C15H15BrClFN2/c1-2-5-19-7-10-6-11(9-20-8-10)12-3-4-13(16)14(17)15(12)18/h3-4,6,8-9,19H,2,5,7H2,1H3. The van der Waals surface area contributed by atoms with Crippen LogP contribution in [0.1, 0.15) is 18.9 Å². The quantitative estimate of drug-likeness (QED) is 0.614. The van der Waals surface area contributed by atoms with Gasteiger partial charge in [0.2, 0.25) is 0 Å². The zero-order chi connectivity index (χ0) is 14.5. The zero-order valence-corrected chi connectivity index (χ0v) is 13.4. The van der Waals surface area contributed by atoms with Gasteiger partial charge in [-0.15, -0.1) is 0 Å². The Morgan fingerprint density at radius 1 is 1.35 bits per heavy atom. The lowest BCUT2D eigenvalue weighted by molar-refractivity contribution is 0.630. The molecule has 0 spiro atoms. The average molecular weight is 358 g/mol. The van der Waals surface area contributed by atoms with Crippen LogP contribution in [0.4, 0.5) is 4.39 Å². The third-order valence-corrected chi connectivity index (χ3v) is 4.16. The van der Waals surface area contributed by atoms with Crippen LogP contribution >= 0.6 is 27.5 Å². The number of pyridine rings is 1. The molecule has 2 nitrogen and oxygen atoms in total. The second-order valence-electron chi connectivity index (χ2n) is 4.48. The highest BCUT2D eigenvalue weighted by Crippen LogP contribution is 2.32. The van der Waals surface area contributed by atoms with E-state index in [4.69, 9.17) is 11.6 Å². The van der Waals surface area contributed by atoms with Crippen molar-refractivity contribution in [2.45, 2.75) is 19.9 Å². The Hall–Kier alpha value is -0.970. The number of hydrogen-bond donors (Lipinski definition) is 1. The van der Waals surface area contributed by atoms with Crippen molar-refractivity contribution in [3.05, 3.63) is 51.5 Å². The molecule has 0 amide bonds. The number of aromatic nitrogens is 1. The summed E-state index contributed by atoms with van der Waals surface area (Å²) < 4.78 is 14.7. The van der Waals surface area contributed by atoms with Gasteiger partial charge in [0.15, 0.2) is 5.82 Å². The molecule has 0 unspecified atom stereocenters. The Balaban J connectivity index is 2.29. The van der Waals surface area contributed by atoms with E-state index in [1.807, 2.05) is 6.07 Å². The molecule has 0 aliphatic heterocycles. The van der Waals surface area contributed by atoms with Crippen molar-refractivity contribution in [2.75, 3.05) is 6.54 Å². The van der Waals surface area contributed by atoms with Crippen molar-refractivity contribution in [1.29, 1.82) is 0 Å². The third-order valence-electron chi connectivity index (χ3n) is 2.90. The molecule has 0 fully saturated rings. The number of hydrogen-bond acceptors (Lipinski definition) is 2. The van der Waals surface area contributed by atoms with E-state index < -0.39 is 5.82 Å².